The number of aryl methyl sites for hydroxylation is 1. The third kappa shape index (κ3) is 3.19. The Morgan fingerprint density at radius 3 is 2.60 bits per heavy atom. The van der Waals surface area contributed by atoms with Crippen molar-refractivity contribution in [3.05, 3.63) is 35.1 Å². The average molecular weight is 230 g/mol. The summed E-state index contributed by atoms with van der Waals surface area (Å²) in [4.78, 5) is 0. The van der Waals surface area contributed by atoms with Gasteiger partial charge in [-0.2, -0.15) is 12.6 Å². The van der Waals surface area contributed by atoms with Gasteiger partial charge in [0.1, 0.15) is 11.9 Å². The van der Waals surface area contributed by atoms with E-state index in [-0.39, 0.29) is 5.82 Å². The molecule has 4 heteroatoms. The first-order chi connectivity index (χ1) is 7.06. The maximum Gasteiger partial charge on any atom is 0.126 e. The van der Waals surface area contributed by atoms with Crippen LogP contribution >= 0.6 is 12.6 Å². The molecule has 2 atom stereocenters. The molecule has 15 heavy (non-hydrogen) atoms. The summed E-state index contributed by atoms with van der Waals surface area (Å²) in [6.07, 6.45) is -1.57. The Bertz CT molecular complexity index is 330. The fraction of sp³-hybridized carbons (Fsp3) is 0.455. The van der Waals surface area contributed by atoms with Crippen molar-refractivity contribution in [3.8, 4) is 0 Å². The molecule has 1 aromatic rings. The third-order valence-corrected chi connectivity index (χ3v) is 2.58. The predicted octanol–water partition coefficient (Wildman–Crippen LogP) is 1.85. The maximum absolute atomic E-state index is 13.2. The third-order valence-electron chi connectivity index (χ3n) is 2.33. The molecule has 0 aliphatic carbocycles. The lowest BCUT2D eigenvalue weighted by atomic mass is 10.0. The molecule has 0 heterocycles. The Hall–Kier alpha value is -0.580. The van der Waals surface area contributed by atoms with E-state index in [0.29, 0.717) is 23.3 Å². The van der Waals surface area contributed by atoms with E-state index in [2.05, 4.69) is 12.6 Å². The summed E-state index contributed by atoms with van der Waals surface area (Å²) in [5.41, 5.74) is 0.919. The van der Waals surface area contributed by atoms with Crippen molar-refractivity contribution in [2.24, 2.45) is 0 Å². The predicted molar refractivity (Wildman–Crippen MR) is 60.6 cm³/mol. The minimum Gasteiger partial charge on any atom is -0.390 e. The highest BCUT2D eigenvalue weighted by Crippen LogP contribution is 2.21. The molecule has 0 saturated carbocycles. The zero-order valence-electron chi connectivity index (χ0n) is 8.52. The lowest BCUT2D eigenvalue weighted by molar-refractivity contribution is 0.0171. The van der Waals surface area contributed by atoms with Gasteiger partial charge in [-0.25, -0.2) is 4.39 Å². The molecule has 0 aliphatic heterocycles. The molecule has 2 unspecified atom stereocenters. The standard InChI is InChI=1S/C11H15FO2S/c1-7-2-3-8(6-9(7)12)11(14)10(13)4-5-15/h2-3,6,10-11,13-15H,4-5H2,1H3. The van der Waals surface area contributed by atoms with Crippen molar-refractivity contribution < 1.29 is 14.6 Å². The van der Waals surface area contributed by atoms with E-state index in [4.69, 9.17) is 0 Å². The zero-order chi connectivity index (χ0) is 11.4. The van der Waals surface area contributed by atoms with Crippen molar-refractivity contribution in [1.82, 2.24) is 0 Å². The number of hydrogen-bond donors (Lipinski definition) is 3. The monoisotopic (exact) mass is 230 g/mol. The van der Waals surface area contributed by atoms with Crippen LogP contribution in [0.5, 0.6) is 0 Å². The van der Waals surface area contributed by atoms with Crippen LogP contribution in [0.3, 0.4) is 0 Å². The van der Waals surface area contributed by atoms with Gasteiger partial charge in [-0.15, -0.1) is 0 Å². The summed E-state index contributed by atoms with van der Waals surface area (Å²) in [6.45, 7) is 1.65. The quantitative estimate of drug-likeness (QED) is 0.691. The van der Waals surface area contributed by atoms with Gasteiger partial charge in [0.25, 0.3) is 0 Å². The van der Waals surface area contributed by atoms with E-state index in [1.54, 1.807) is 19.1 Å². The molecule has 0 amide bonds. The number of aliphatic hydroxyl groups excluding tert-OH is 2. The Morgan fingerprint density at radius 2 is 2.07 bits per heavy atom. The van der Waals surface area contributed by atoms with Gasteiger partial charge < -0.3 is 10.2 Å². The smallest absolute Gasteiger partial charge is 0.126 e. The van der Waals surface area contributed by atoms with Crippen LogP contribution in [0.25, 0.3) is 0 Å². The molecule has 0 aromatic heterocycles. The molecule has 2 N–H and O–H groups in total. The summed E-state index contributed by atoms with van der Waals surface area (Å²) < 4.78 is 13.2. The Labute approximate surface area is 94.2 Å². The van der Waals surface area contributed by atoms with Crippen LogP contribution in [0.1, 0.15) is 23.7 Å². The van der Waals surface area contributed by atoms with Crippen LogP contribution in [0.15, 0.2) is 18.2 Å². The number of rotatable bonds is 4. The molecular weight excluding hydrogens is 215 g/mol. The molecule has 0 radical (unpaired) electrons. The number of aliphatic hydroxyl groups is 2. The van der Waals surface area contributed by atoms with Crippen LogP contribution in [0.2, 0.25) is 0 Å². The first-order valence-electron chi connectivity index (χ1n) is 4.79. The highest BCUT2D eigenvalue weighted by molar-refractivity contribution is 7.80. The molecule has 0 bridgehead atoms. The fourth-order valence-electron chi connectivity index (χ4n) is 1.31. The highest BCUT2D eigenvalue weighted by Gasteiger charge is 2.18. The van der Waals surface area contributed by atoms with Gasteiger partial charge in [-0.1, -0.05) is 12.1 Å². The fourth-order valence-corrected chi connectivity index (χ4v) is 1.57. The van der Waals surface area contributed by atoms with Crippen LogP contribution < -0.4 is 0 Å². The van der Waals surface area contributed by atoms with E-state index in [1.165, 1.54) is 6.07 Å². The van der Waals surface area contributed by atoms with Gasteiger partial charge in [0.2, 0.25) is 0 Å². The second kappa shape index (κ2) is 5.49. The van der Waals surface area contributed by atoms with Crippen molar-refractivity contribution >= 4 is 12.6 Å². The first-order valence-corrected chi connectivity index (χ1v) is 5.42. The molecule has 0 spiro atoms. The molecule has 0 fully saturated rings. The number of benzene rings is 1. The molecule has 2 nitrogen and oxygen atoms in total. The minimum atomic E-state index is -1.05. The zero-order valence-corrected chi connectivity index (χ0v) is 9.41. The number of halogens is 1. The van der Waals surface area contributed by atoms with Crippen LogP contribution in [-0.4, -0.2) is 22.1 Å². The van der Waals surface area contributed by atoms with Crippen molar-refractivity contribution in [3.63, 3.8) is 0 Å². The van der Waals surface area contributed by atoms with Crippen molar-refractivity contribution in [1.29, 1.82) is 0 Å². The summed E-state index contributed by atoms with van der Waals surface area (Å²) in [6, 6.07) is 4.45. The Kier molecular flexibility index (Phi) is 4.57. The molecule has 1 aromatic carbocycles. The summed E-state index contributed by atoms with van der Waals surface area (Å²) in [5, 5.41) is 19.2. The topological polar surface area (TPSA) is 40.5 Å². The summed E-state index contributed by atoms with van der Waals surface area (Å²) >= 11 is 3.96. The minimum absolute atomic E-state index is 0.371. The van der Waals surface area contributed by atoms with Gasteiger partial charge in [0.15, 0.2) is 0 Å². The van der Waals surface area contributed by atoms with Gasteiger partial charge in [-0.05, 0) is 36.3 Å². The molecule has 1 rings (SSSR count). The van der Waals surface area contributed by atoms with Gasteiger partial charge in [0.05, 0.1) is 6.10 Å². The lowest BCUT2D eigenvalue weighted by Gasteiger charge is -2.17. The summed E-state index contributed by atoms with van der Waals surface area (Å²) in [5.74, 6) is 0.108. The maximum atomic E-state index is 13.2. The van der Waals surface area contributed by atoms with E-state index < -0.39 is 12.2 Å². The van der Waals surface area contributed by atoms with Gasteiger partial charge >= 0.3 is 0 Å². The summed E-state index contributed by atoms with van der Waals surface area (Å²) in [7, 11) is 0. The van der Waals surface area contributed by atoms with Gasteiger partial charge in [-0.3, -0.25) is 0 Å². The molecule has 0 saturated heterocycles. The molecule has 84 valence electrons. The Balaban J connectivity index is 2.81. The Morgan fingerprint density at radius 1 is 1.40 bits per heavy atom. The number of thiol groups is 1. The SMILES string of the molecule is Cc1ccc(C(O)C(O)CCS)cc1F. The molecular formula is C11H15FO2S. The highest BCUT2D eigenvalue weighted by atomic mass is 32.1. The van der Waals surface area contributed by atoms with Crippen LogP contribution in [0.4, 0.5) is 4.39 Å². The van der Waals surface area contributed by atoms with Crippen molar-refractivity contribution in [2.75, 3.05) is 5.75 Å². The van der Waals surface area contributed by atoms with E-state index >= 15 is 0 Å². The average Bonchev–Trinajstić information content (AvgIpc) is 2.21. The normalized spacial score (nSPS) is 15.0. The van der Waals surface area contributed by atoms with Crippen LogP contribution in [0, 0.1) is 12.7 Å². The lowest BCUT2D eigenvalue weighted by Crippen LogP contribution is -2.18. The van der Waals surface area contributed by atoms with E-state index in [9.17, 15) is 14.6 Å². The van der Waals surface area contributed by atoms with Gasteiger partial charge in [0, 0.05) is 0 Å². The van der Waals surface area contributed by atoms with E-state index in [0.717, 1.165) is 0 Å². The van der Waals surface area contributed by atoms with Crippen molar-refractivity contribution in [2.45, 2.75) is 25.6 Å². The number of hydrogen-bond acceptors (Lipinski definition) is 3. The second-order valence-electron chi connectivity index (χ2n) is 3.53. The second-order valence-corrected chi connectivity index (χ2v) is 3.98. The first kappa shape index (κ1) is 12.5. The van der Waals surface area contributed by atoms with E-state index in [1.807, 2.05) is 0 Å². The van der Waals surface area contributed by atoms with Crippen LogP contribution in [-0.2, 0) is 0 Å². The largest absolute Gasteiger partial charge is 0.390 e. The molecule has 0 aliphatic rings.